The van der Waals surface area contributed by atoms with Gasteiger partial charge in [0.05, 0.1) is 0 Å². The van der Waals surface area contributed by atoms with Gasteiger partial charge in [0.15, 0.2) is 0 Å². The first kappa shape index (κ1) is 13.5. The van der Waals surface area contributed by atoms with Crippen LogP contribution < -0.4 is 0 Å². The molecule has 124 valence electrons. The molecular formula is C21H28OSe. The van der Waals surface area contributed by atoms with Crippen molar-refractivity contribution in [2.45, 2.75) is 61.6 Å². The Labute approximate surface area is 151 Å². The Morgan fingerprint density at radius 1 is 1.13 bits per heavy atom. The van der Waals surface area contributed by atoms with E-state index in [-0.39, 0.29) is 19.3 Å². The van der Waals surface area contributed by atoms with Crippen LogP contribution in [0.25, 0.3) is 10.8 Å². The summed E-state index contributed by atoms with van der Waals surface area (Å²) in [6.07, 6.45) is 5.92. The van der Waals surface area contributed by atoms with Gasteiger partial charge in [0.2, 0.25) is 0 Å². The van der Waals surface area contributed by atoms with Crippen molar-refractivity contribution in [1.82, 2.24) is 0 Å². The van der Waals surface area contributed by atoms with Gasteiger partial charge in [-0.05, 0) is 0 Å². The van der Waals surface area contributed by atoms with Gasteiger partial charge in [-0.25, -0.2) is 0 Å². The number of hydrogen-bond donors (Lipinski definition) is 0. The van der Waals surface area contributed by atoms with Crippen LogP contribution in [0.1, 0.15) is 55.1 Å². The van der Waals surface area contributed by atoms with Gasteiger partial charge in [0, 0.05) is 0 Å². The van der Waals surface area contributed by atoms with Crippen LogP contribution in [0.4, 0.5) is 0 Å². The van der Waals surface area contributed by atoms with Gasteiger partial charge in [0.25, 0.3) is 0 Å². The molecule has 0 radical (unpaired) electrons. The molecule has 2 aromatic rings. The van der Waals surface area contributed by atoms with Crippen LogP contribution >= 0.6 is 0 Å². The first-order chi connectivity index (χ1) is 12.5. The Morgan fingerprint density at radius 3 is 2.91 bits per heavy atom. The van der Waals surface area contributed by atoms with Gasteiger partial charge >= 0.3 is 151 Å². The van der Waals surface area contributed by atoms with Crippen molar-refractivity contribution in [2.75, 3.05) is 6.61 Å². The van der Waals surface area contributed by atoms with E-state index in [1.165, 1.54) is 22.8 Å². The fraction of sp³-hybridized carbons (Fsp3) is 0.524. The van der Waals surface area contributed by atoms with Gasteiger partial charge in [0.1, 0.15) is 0 Å². The van der Waals surface area contributed by atoms with Crippen LogP contribution in [-0.2, 0) is 11.3 Å². The molecule has 0 spiro atoms. The van der Waals surface area contributed by atoms with Crippen LogP contribution in [0, 0.1) is 0 Å². The Balaban J connectivity index is 1.45. The normalized spacial score (nSPS) is 24.1. The summed E-state index contributed by atoms with van der Waals surface area (Å²) in [5.74, 6) is 0. The topological polar surface area (TPSA) is 9.23 Å². The summed E-state index contributed by atoms with van der Waals surface area (Å²) in [6.45, 7) is -0.472. The predicted octanol–water partition coefficient (Wildman–Crippen LogP) is 6.01. The van der Waals surface area contributed by atoms with Crippen molar-refractivity contribution in [3.63, 3.8) is 0 Å². The second-order valence-electron chi connectivity index (χ2n) is 6.45. The standard InChI is InChI=1S/C21H28OSe/c1-21(14-5-7-16-23-21)13-4-6-15-22-17-19-11-8-10-18-9-2-3-12-20(18)19/h2-3,8-12H,4-7,13-17H2,1H3/i1D3. The second-order valence-corrected chi connectivity index (χ2v) is 9.55. The molecule has 2 aromatic carbocycles. The maximum atomic E-state index is 8.00. The SMILES string of the molecule is [2H]C([2H])([2H])C1(CCCCOCc2cccc3ccccc23)CCCC[Se]1. The molecule has 2 heteroatoms. The third kappa shape index (κ3) is 4.83. The average molecular weight is 378 g/mol. The number of ether oxygens (including phenoxy) is 1. The number of fused-ring (bicyclic) bond motifs is 1. The maximum absolute atomic E-state index is 8.00. The number of benzene rings is 2. The number of hydrogen-bond acceptors (Lipinski definition) is 1. The van der Waals surface area contributed by atoms with E-state index in [0.29, 0.717) is 13.2 Å². The molecule has 1 atom stereocenters. The van der Waals surface area contributed by atoms with E-state index in [9.17, 15) is 0 Å². The molecule has 0 saturated carbocycles. The summed E-state index contributed by atoms with van der Waals surface area (Å²) in [5.41, 5.74) is 1.22. The molecule has 0 amide bonds. The number of rotatable bonds is 7. The molecule has 0 N–H and O–H groups in total. The van der Waals surface area contributed by atoms with Crippen LogP contribution in [0.15, 0.2) is 42.5 Å². The Hall–Kier alpha value is -0.821. The Kier molecular flexibility index (Phi) is 4.88. The first-order valence-electron chi connectivity index (χ1n) is 10.2. The summed E-state index contributed by atoms with van der Waals surface area (Å²) in [4.78, 5) is 0. The zero-order valence-corrected chi connectivity index (χ0v) is 15.4. The van der Waals surface area contributed by atoms with Gasteiger partial charge in [-0.15, -0.1) is 0 Å². The van der Waals surface area contributed by atoms with E-state index in [2.05, 4.69) is 42.5 Å². The van der Waals surface area contributed by atoms with E-state index >= 15 is 0 Å². The van der Waals surface area contributed by atoms with Crippen LogP contribution in [0.2, 0.25) is 9.63 Å². The minimum absolute atomic E-state index is 0.250. The van der Waals surface area contributed by atoms with Crippen LogP contribution in [-0.4, -0.2) is 21.6 Å². The fourth-order valence-corrected chi connectivity index (χ4v) is 6.03. The van der Waals surface area contributed by atoms with Gasteiger partial charge in [-0.3, -0.25) is 0 Å². The van der Waals surface area contributed by atoms with Crippen molar-refractivity contribution in [3.05, 3.63) is 48.0 Å². The first-order valence-corrected chi connectivity index (χ1v) is 10.8. The van der Waals surface area contributed by atoms with Crippen molar-refractivity contribution in [2.24, 2.45) is 0 Å². The van der Waals surface area contributed by atoms with Crippen molar-refractivity contribution in [1.29, 1.82) is 0 Å². The van der Waals surface area contributed by atoms with Crippen molar-refractivity contribution < 1.29 is 8.85 Å². The summed E-state index contributed by atoms with van der Waals surface area (Å²) in [7, 11) is 0. The third-order valence-corrected chi connectivity index (χ3v) is 7.66. The molecule has 1 saturated heterocycles. The second kappa shape index (κ2) is 8.33. The van der Waals surface area contributed by atoms with Crippen molar-refractivity contribution >= 4 is 25.7 Å². The van der Waals surface area contributed by atoms with Gasteiger partial charge < -0.3 is 0 Å². The molecule has 3 rings (SSSR count). The summed E-state index contributed by atoms with van der Waals surface area (Å²) >= 11 is 0.250. The predicted molar refractivity (Wildman–Crippen MR) is 100 cm³/mol. The molecule has 1 nitrogen and oxygen atoms in total. The third-order valence-electron chi connectivity index (χ3n) is 4.61. The Morgan fingerprint density at radius 2 is 2.04 bits per heavy atom. The van der Waals surface area contributed by atoms with Crippen LogP contribution in [0.3, 0.4) is 0 Å². The van der Waals surface area contributed by atoms with E-state index in [1.54, 1.807) is 0 Å². The molecule has 1 aliphatic rings. The quantitative estimate of drug-likeness (QED) is 0.423. The summed E-state index contributed by atoms with van der Waals surface area (Å²) in [6, 6.07) is 14.7. The summed E-state index contributed by atoms with van der Waals surface area (Å²) < 4.78 is 29.5. The van der Waals surface area contributed by atoms with Gasteiger partial charge in [-0.2, -0.15) is 0 Å². The molecule has 0 bridgehead atoms. The molecular weight excluding hydrogens is 347 g/mol. The van der Waals surface area contributed by atoms with E-state index in [0.717, 1.165) is 37.4 Å². The van der Waals surface area contributed by atoms with Crippen LogP contribution in [0.5, 0.6) is 0 Å². The van der Waals surface area contributed by atoms with E-state index in [4.69, 9.17) is 8.85 Å². The van der Waals surface area contributed by atoms with E-state index in [1.807, 2.05) is 0 Å². The Bertz CT molecular complexity index is 702. The minimum atomic E-state index is -1.79. The van der Waals surface area contributed by atoms with Gasteiger partial charge in [-0.1, -0.05) is 0 Å². The zero-order valence-electron chi connectivity index (χ0n) is 16.7. The fourth-order valence-electron chi connectivity index (χ4n) is 3.26. The average Bonchev–Trinajstić information content (AvgIpc) is 2.64. The molecule has 0 aromatic heterocycles. The van der Waals surface area contributed by atoms with Crippen molar-refractivity contribution in [3.8, 4) is 0 Å². The number of unbranched alkanes of at least 4 members (excludes halogenated alkanes) is 1. The molecule has 23 heavy (non-hydrogen) atoms. The molecule has 1 unspecified atom stereocenters. The summed E-state index contributed by atoms with van der Waals surface area (Å²) in [5, 5.41) is 3.62. The molecule has 1 heterocycles. The molecule has 1 aliphatic heterocycles. The zero-order chi connectivity index (χ0) is 18.5. The monoisotopic (exact) mass is 379 g/mol. The van der Waals surface area contributed by atoms with E-state index < -0.39 is 6.85 Å². The molecule has 1 fully saturated rings. The molecule has 0 aliphatic carbocycles.